The van der Waals surface area contributed by atoms with Crippen molar-refractivity contribution in [3.8, 4) is 0 Å². The zero-order chi connectivity index (χ0) is 11.4. The van der Waals surface area contributed by atoms with Crippen molar-refractivity contribution in [2.24, 2.45) is 11.7 Å². The fourth-order valence-corrected chi connectivity index (χ4v) is 2.38. The van der Waals surface area contributed by atoms with Crippen molar-refractivity contribution in [3.05, 3.63) is 35.9 Å². The Labute approximate surface area is 96.8 Å². The van der Waals surface area contributed by atoms with E-state index in [1.54, 1.807) is 0 Å². The molecule has 0 spiro atoms. The van der Waals surface area contributed by atoms with Crippen LogP contribution in [0.15, 0.2) is 30.3 Å². The van der Waals surface area contributed by atoms with E-state index >= 15 is 0 Å². The lowest BCUT2D eigenvalue weighted by molar-refractivity contribution is -0.123. The molecular formula is C14H19NO. The van der Waals surface area contributed by atoms with E-state index in [1.807, 2.05) is 30.3 Å². The van der Waals surface area contributed by atoms with E-state index < -0.39 is 0 Å². The van der Waals surface area contributed by atoms with Crippen LogP contribution in [0.4, 0.5) is 0 Å². The summed E-state index contributed by atoms with van der Waals surface area (Å²) in [6.07, 6.45) is 4.55. The third-order valence-corrected chi connectivity index (χ3v) is 3.45. The Morgan fingerprint density at radius 2 is 1.75 bits per heavy atom. The summed E-state index contributed by atoms with van der Waals surface area (Å²) in [5.74, 6) is 0.637. The lowest BCUT2D eigenvalue weighted by Gasteiger charge is -2.24. The van der Waals surface area contributed by atoms with Crippen molar-refractivity contribution in [3.63, 3.8) is 0 Å². The third-order valence-electron chi connectivity index (χ3n) is 3.45. The summed E-state index contributed by atoms with van der Waals surface area (Å²) in [6, 6.07) is 10.3. The van der Waals surface area contributed by atoms with Crippen LogP contribution in [0.25, 0.3) is 0 Å². The van der Waals surface area contributed by atoms with Crippen molar-refractivity contribution in [2.45, 2.75) is 38.1 Å². The van der Waals surface area contributed by atoms with E-state index in [-0.39, 0.29) is 5.92 Å². The Kier molecular flexibility index (Phi) is 3.73. The quantitative estimate of drug-likeness (QED) is 0.844. The van der Waals surface area contributed by atoms with Gasteiger partial charge in [0, 0.05) is 18.4 Å². The summed E-state index contributed by atoms with van der Waals surface area (Å²) in [4.78, 5) is 12.0. The van der Waals surface area contributed by atoms with Crippen LogP contribution >= 0.6 is 0 Å². The molecule has 2 nitrogen and oxygen atoms in total. The molecule has 0 atom stereocenters. The number of rotatable bonds is 3. The number of benzene rings is 1. The van der Waals surface area contributed by atoms with Crippen LogP contribution in [0.1, 0.15) is 31.2 Å². The SMILES string of the molecule is NC1CCC(C(=O)Cc2ccccc2)CC1. The second-order valence-electron chi connectivity index (χ2n) is 4.74. The number of hydrogen-bond acceptors (Lipinski definition) is 2. The predicted molar refractivity (Wildman–Crippen MR) is 65.1 cm³/mol. The van der Waals surface area contributed by atoms with Gasteiger partial charge in [0.05, 0.1) is 0 Å². The van der Waals surface area contributed by atoms with Crippen molar-refractivity contribution in [1.82, 2.24) is 0 Å². The van der Waals surface area contributed by atoms with Crippen molar-refractivity contribution < 1.29 is 4.79 Å². The van der Waals surface area contributed by atoms with Crippen LogP contribution in [-0.2, 0) is 11.2 Å². The number of nitrogens with two attached hydrogens (primary N) is 1. The van der Waals surface area contributed by atoms with Gasteiger partial charge in [0.25, 0.3) is 0 Å². The molecule has 0 bridgehead atoms. The van der Waals surface area contributed by atoms with Gasteiger partial charge in [0.1, 0.15) is 5.78 Å². The molecule has 0 aromatic heterocycles. The van der Waals surface area contributed by atoms with E-state index in [0.29, 0.717) is 18.2 Å². The fourth-order valence-electron chi connectivity index (χ4n) is 2.38. The molecule has 1 aromatic carbocycles. The van der Waals surface area contributed by atoms with Crippen LogP contribution in [-0.4, -0.2) is 11.8 Å². The minimum Gasteiger partial charge on any atom is -0.328 e. The highest BCUT2D eigenvalue weighted by molar-refractivity contribution is 5.83. The van der Waals surface area contributed by atoms with E-state index in [1.165, 1.54) is 0 Å². The molecule has 2 N–H and O–H groups in total. The third kappa shape index (κ3) is 2.92. The summed E-state index contributed by atoms with van der Waals surface area (Å²) in [6.45, 7) is 0. The average molecular weight is 217 g/mol. The average Bonchev–Trinajstić information content (AvgIpc) is 2.31. The Bertz CT molecular complexity index is 339. The first kappa shape index (κ1) is 11.3. The van der Waals surface area contributed by atoms with Gasteiger partial charge in [-0.15, -0.1) is 0 Å². The lowest BCUT2D eigenvalue weighted by atomic mass is 9.82. The second-order valence-corrected chi connectivity index (χ2v) is 4.74. The molecule has 0 aliphatic heterocycles. The summed E-state index contributed by atoms with van der Waals surface area (Å²) in [5, 5.41) is 0. The van der Waals surface area contributed by atoms with Crippen molar-refractivity contribution >= 4 is 5.78 Å². The molecule has 0 radical (unpaired) electrons. The minimum atomic E-state index is 0.250. The normalized spacial score (nSPS) is 25.3. The molecule has 16 heavy (non-hydrogen) atoms. The zero-order valence-electron chi connectivity index (χ0n) is 9.56. The summed E-state index contributed by atoms with van der Waals surface area (Å²) in [5.41, 5.74) is 6.97. The first-order valence-corrected chi connectivity index (χ1v) is 6.08. The maximum absolute atomic E-state index is 12.0. The highest BCUT2D eigenvalue weighted by atomic mass is 16.1. The molecule has 1 saturated carbocycles. The van der Waals surface area contributed by atoms with Crippen LogP contribution in [0, 0.1) is 5.92 Å². The highest BCUT2D eigenvalue weighted by Crippen LogP contribution is 2.24. The summed E-state index contributed by atoms with van der Waals surface area (Å²) in [7, 11) is 0. The van der Waals surface area contributed by atoms with Gasteiger partial charge in [-0.25, -0.2) is 0 Å². The number of carbonyl (C=O) groups excluding carboxylic acids is 1. The van der Waals surface area contributed by atoms with Gasteiger partial charge in [-0.2, -0.15) is 0 Å². The standard InChI is InChI=1S/C14H19NO/c15-13-8-6-12(7-9-13)14(16)10-11-4-2-1-3-5-11/h1-5,12-13H,6-10,15H2. The second kappa shape index (κ2) is 5.26. The van der Waals surface area contributed by atoms with Crippen LogP contribution < -0.4 is 5.73 Å². The predicted octanol–water partition coefficient (Wildman–Crippen LogP) is 2.32. The number of ketones is 1. The molecule has 1 aliphatic rings. The highest BCUT2D eigenvalue weighted by Gasteiger charge is 2.24. The van der Waals surface area contributed by atoms with Crippen molar-refractivity contribution in [1.29, 1.82) is 0 Å². The van der Waals surface area contributed by atoms with Gasteiger partial charge >= 0.3 is 0 Å². The Hall–Kier alpha value is -1.15. The van der Waals surface area contributed by atoms with Gasteiger partial charge in [-0.1, -0.05) is 30.3 Å². The molecule has 0 saturated heterocycles. The Morgan fingerprint density at radius 3 is 2.38 bits per heavy atom. The lowest BCUT2D eigenvalue weighted by Crippen LogP contribution is -2.30. The minimum absolute atomic E-state index is 0.250. The Morgan fingerprint density at radius 1 is 1.12 bits per heavy atom. The van der Waals surface area contributed by atoms with E-state index in [9.17, 15) is 4.79 Å². The van der Waals surface area contributed by atoms with Crippen LogP contribution in [0.5, 0.6) is 0 Å². The number of hydrogen-bond donors (Lipinski definition) is 1. The number of Topliss-reactive ketones (excluding diaryl/α,β-unsaturated/α-hetero) is 1. The van der Waals surface area contributed by atoms with E-state index in [0.717, 1.165) is 31.2 Å². The molecular weight excluding hydrogens is 198 g/mol. The van der Waals surface area contributed by atoms with Gasteiger partial charge in [0.2, 0.25) is 0 Å². The first-order valence-electron chi connectivity index (χ1n) is 6.08. The molecule has 2 heteroatoms. The zero-order valence-corrected chi connectivity index (χ0v) is 9.56. The smallest absolute Gasteiger partial charge is 0.140 e. The van der Waals surface area contributed by atoms with Gasteiger partial charge < -0.3 is 5.73 Å². The largest absolute Gasteiger partial charge is 0.328 e. The maximum Gasteiger partial charge on any atom is 0.140 e. The van der Waals surface area contributed by atoms with Crippen molar-refractivity contribution in [2.75, 3.05) is 0 Å². The molecule has 86 valence electrons. The molecule has 1 fully saturated rings. The summed E-state index contributed by atoms with van der Waals surface area (Å²) >= 11 is 0. The molecule has 1 aromatic rings. The topological polar surface area (TPSA) is 43.1 Å². The Balaban J connectivity index is 1.89. The van der Waals surface area contributed by atoms with Gasteiger partial charge in [-0.05, 0) is 31.2 Å². The molecule has 2 rings (SSSR count). The first-order chi connectivity index (χ1) is 7.75. The van der Waals surface area contributed by atoms with Crippen LogP contribution in [0.3, 0.4) is 0 Å². The fraction of sp³-hybridized carbons (Fsp3) is 0.500. The van der Waals surface area contributed by atoms with Gasteiger partial charge in [-0.3, -0.25) is 4.79 Å². The van der Waals surface area contributed by atoms with Crippen LogP contribution in [0.2, 0.25) is 0 Å². The molecule has 0 unspecified atom stereocenters. The maximum atomic E-state index is 12.0. The van der Waals surface area contributed by atoms with E-state index in [2.05, 4.69) is 0 Å². The monoisotopic (exact) mass is 217 g/mol. The molecule has 0 amide bonds. The molecule has 1 aliphatic carbocycles. The molecule has 0 heterocycles. The summed E-state index contributed by atoms with van der Waals surface area (Å²) < 4.78 is 0. The van der Waals surface area contributed by atoms with Gasteiger partial charge in [0.15, 0.2) is 0 Å². The van der Waals surface area contributed by atoms with E-state index in [4.69, 9.17) is 5.73 Å². The number of carbonyl (C=O) groups is 1.